The van der Waals surface area contributed by atoms with Crippen LogP contribution in [0.25, 0.3) is 0 Å². The summed E-state index contributed by atoms with van der Waals surface area (Å²) in [5.41, 5.74) is 1.25. The number of nitrogens with zero attached hydrogens (tertiary/aromatic N) is 3. The molecule has 1 saturated heterocycles. The smallest absolute Gasteiger partial charge is 0.241 e. The zero-order valence-electron chi connectivity index (χ0n) is 16.4. The van der Waals surface area contributed by atoms with Gasteiger partial charge in [0.25, 0.3) is 0 Å². The number of nitriles is 1. The molecule has 2 rings (SSSR count). The van der Waals surface area contributed by atoms with Crippen LogP contribution in [0.15, 0.2) is 24.3 Å². The molecule has 1 amide bonds. The molecule has 1 fully saturated rings. The molecule has 1 N–H and O–H groups in total. The molecule has 0 bridgehead atoms. The molecule has 1 aromatic carbocycles. The quantitative estimate of drug-likeness (QED) is 0.776. The molecule has 5 heteroatoms. The molecule has 1 heterocycles. The molecule has 142 valence electrons. The minimum absolute atomic E-state index is 0.00129. The molecule has 0 radical (unpaired) electrons. The van der Waals surface area contributed by atoms with Gasteiger partial charge in [-0.2, -0.15) is 5.26 Å². The zero-order chi connectivity index (χ0) is 18.9. The maximum Gasteiger partial charge on any atom is 0.241 e. The van der Waals surface area contributed by atoms with Crippen molar-refractivity contribution in [2.45, 2.75) is 45.6 Å². The normalized spacial score (nSPS) is 17.0. The highest BCUT2D eigenvalue weighted by Gasteiger charge is 2.27. The van der Waals surface area contributed by atoms with Crippen LogP contribution in [-0.2, 0) is 4.79 Å². The average molecular weight is 357 g/mol. The predicted octanol–water partition coefficient (Wildman–Crippen LogP) is 3.33. The van der Waals surface area contributed by atoms with E-state index in [2.05, 4.69) is 35.2 Å². The number of hydrogen-bond donors (Lipinski definition) is 1. The highest BCUT2D eigenvalue weighted by molar-refractivity contribution is 5.94. The summed E-state index contributed by atoms with van der Waals surface area (Å²) in [5.74, 6) is 0.731. The third kappa shape index (κ3) is 6.12. The fourth-order valence-electron chi connectivity index (χ4n) is 3.56. The van der Waals surface area contributed by atoms with Crippen molar-refractivity contribution in [1.29, 1.82) is 5.26 Å². The van der Waals surface area contributed by atoms with E-state index in [9.17, 15) is 4.79 Å². The highest BCUT2D eigenvalue weighted by atomic mass is 16.2. The molecule has 1 unspecified atom stereocenters. The van der Waals surface area contributed by atoms with Crippen LogP contribution in [0.3, 0.4) is 0 Å². The van der Waals surface area contributed by atoms with Crippen LogP contribution in [0.2, 0.25) is 0 Å². The fraction of sp³-hybridized carbons (Fsp3) is 0.619. The maximum absolute atomic E-state index is 12.5. The van der Waals surface area contributed by atoms with Gasteiger partial charge in [-0.1, -0.05) is 19.4 Å². The predicted molar refractivity (Wildman–Crippen MR) is 106 cm³/mol. The number of rotatable bonds is 8. The van der Waals surface area contributed by atoms with Gasteiger partial charge in [0.2, 0.25) is 5.91 Å². The van der Waals surface area contributed by atoms with Gasteiger partial charge in [-0.3, -0.25) is 9.69 Å². The first-order valence-corrected chi connectivity index (χ1v) is 9.77. The molecular weight excluding hydrogens is 324 g/mol. The molecule has 1 aromatic rings. The lowest BCUT2D eigenvalue weighted by molar-refractivity contribution is -0.121. The summed E-state index contributed by atoms with van der Waals surface area (Å²) >= 11 is 0. The van der Waals surface area contributed by atoms with Gasteiger partial charge >= 0.3 is 0 Å². The van der Waals surface area contributed by atoms with Crippen LogP contribution in [0.1, 0.15) is 45.1 Å². The molecular formula is C21H32N4O. The summed E-state index contributed by atoms with van der Waals surface area (Å²) in [6.07, 6.45) is 4.81. The van der Waals surface area contributed by atoms with E-state index < -0.39 is 0 Å². The first kappa shape index (κ1) is 20.4. The molecule has 26 heavy (non-hydrogen) atoms. The van der Waals surface area contributed by atoms with Crippen molar-refractivity contribution in [3.63, 3.8) is 0 Å². The third-order valence-corrected chi connectivity index (χ3v) is 5.30. The first-order chi connectivity index (χ1) is 12.5. The van der Waals surface area contributed by atoms with Gasteiger partial charge in [-0.25, -0.2) is 0 Å². The van der Waals surface area contributed by atoms with Crippen molar-refractivity contribution in [3.05, 3.63) is 29.8 Å². The zero-order valence-corrected chi connectivity index (χ0v) is 16.4. The molecule has 1 atom stereocenters. The standard InChI is InChI=1S/C21H32N4O/c1-4-5-11-24(3)16-18-9-12-25(13-10-18)17(2)21(26)23-20-8-6-7-19(14-20)15-22/h6-8,14,17-18H,4-5,9-13,16H2,1-3H3,(H,23,26). The minimum atomic E-state index is -0.153. The second-order valence-corrected chi connectivity index (χ2v) is 7.45. The van der Waals surface area contributed by atoms with E-state index in [1.807, 2.05) is 13.0 Å². The lowest BCUT2D eigenvalue weighted by Gasteiger charge is -2.36. The Morgan fingerprint density at radius 2 is 2.15 bits per heavy atom. The van der Waals surface area contributed by atoms with E-state index in [4.69, 9.17) is 5.26 Å². The van der Waals surface area contributed by atoms with Crippen molar-refractivity contribution >= 4 is 11.6 Å². The van der Waals surface area contributed by atoms with Gasteiger partial charge in [-0.15, -0.1) is 0 Å². The van der Waals surface area contributed by atoms with Crippen LogP contribution >= 0.6 is 0 Å². The molecule has 1 aliphatic heterocycles. The summed E-state index contributed by atoms with van der Waals surface area (Å²) in [6, 6.07) is 9.01. The SMILES string of the molecule is CCCCN(C)CC1CCN(C(C)C(=O)Nc2cccc(C#N)c2)CC1. The van der Waals surface area contributed by atoms with E-state index >= 15 is 0 Å². The van der Waals surface area contributed by atoms with Gasteiger partial charge in [0.1, 0.15) is 0 Å². The fourth-order valence-corrected chi connectivity index (χ4v) is 3.56. The number of unbranched alkanes of at least 4 members (excludes halogenated alkanes) is 1. The van der Waals surface area contributed by atoms with Crippen molar-refractivity contribution in [3.8, 4) is 6.07 Å². The Kier molecular flexibility index (Phi) is 8.08. The Morgan fingerprint density at radius 3 is 2.81 bits per heavy atom. The van der Waals surface area contributed by atoms with Gasteiger partial charge < -0.3 is 10.2 Å². The van der Waals surface area contributed by atoms with Crippen molar-refractivity contribution in [1.82, 2.24) is 9.80 Å². The van der Waals surface area contributed by atoms with Crippen LogP contribution < -0.4 is 5.32 Å². The van der Waals surface area contributed by atoms with Gasteiger partial charge in [0.05, 0.1) is 17.7 Å². The largest absolute Gasteiger partial charge is 0.325 e. The molecule has 0 saturated carbocycles. The third-order valence-electron chi connectivity index (χ3n) is 5.30. The summed E-state index contributed by atoms with van der Waals surface area (Å²) in [5, 5.41) is 11.9. The van der Waals surface area contributed by atoms with Crippen LogP contribution in [0.5, 0.6) is 0 Å². The molecule has 1 aliphatic rings. The first-order valence-electron chi connectivity index (χ1n) is 9.77. The minimum Gasteiger partial charge on any atom is -0.325 e. The van der Waals surface area contributed by atoms with E-state index in [0.29, 0.717) is 11.3 Å². The van der Waals surface area contributed by atoms with E-state index in [0.717, 1.165) is 38.4 Å². The summed E-state index contributed by atoms with van der Waals surface area (Å²) in [4.78, 5) is 17.3. The molecule has 5 nitrogen and oxygen atoms in total. The highest BCUT2D eigenvalue weighted by Crippen LogP contribution is 2.21. The van der Waals surface area contributed by atoms with Crippen molar-refractivity contribution in [2.75, 3.05) is 38.5 Å². The number of carbonyl (C=O) groups excluding carboxylic acids is 1. The number of nitrogens with one attached hydrogen (secondary N) is 1. The van der Waals surface area contributed by atoms with Gasteiger partial charge in [0, 0.05) is 12.2 Å². The molecule has 0 aromatic heterocycles. The summed E-state index contributed by atoms with van der Waals surface area (Å²) in [6.45, 7) is 8.48. The topological polar surface area (TPSA) is 59.4 Å². The van der Waals surface area contributed by atoms with Crippen LogP contribution in [0.4, 0.5) is 5.69 Å². The lowest BCUT2D eigenvalue weighted by Crippen LogP contribution is -2.47. The van der Waals surface area contributed by atoms with Crippen LogP contribution in [-0.4, -0.2) is 55.0 Å². The van der Waals surface area contributed by atoms with Gasteiger partial charge in [0.15, 0.2) is 0 Å². The van der Waals surface area contributed by atoms with Gasteiger partial charge in [-0.05, 0) is 77.0 Å². The average Bonchev–Trinajstić information content (AvgIpc) is 2.66. The number of anilines is 1. The number of carbonyl (C=O) groups is 1. The Bertz CT molecular complexity index is 617. The molecule has 0 aliphatic carbocycles. The Balaban J connectivity index is 1.79. The number of benzene rings is 1. The van der Waals surface area contributed by atoms with E-state index in [-0.39, 0.29) is 11.9 Å². The Labute approximate surface area is 158 Å². The van der Waals surface area contributed by atoms with Crippen LogP contribution in [0, 0.1) is 17.2 Å². The monoisotopic (exact) mass is 356 g/mol. The van der Waals surface area contributed by atoms with E-state index in [1.54, 1.807) is 18.2 Å². The Morgan fingerprint density at radius 1 is 1.42 bits per heavy atom. The second kappa shape index (κ2) is 10.3. The Hall–Kier alpha value is -1.90. The summed E-state index contributed by atoms with van der Waals surface area (Å²) in [7, 11) is 2.22. The number of piperidine rings is 1. The number of likely N-dealkylation sites (tertiary alicyclic amines) is 1. The van der Waals surface area contributed by atoms with E-state index in [1.165, 1.54) is 19.4 Å². The summed E-state index contributed by atoms with van der Waals surface area (Å²) < 4.78 is 0. The molecule has 0 spiro atoms. The second-order valence-electron chi connectivity index (χ2n) is 7.45. The van der Waals surface area contributed by atoms with Crippen molar-refractivity contribution in [2.24, 2.45) is 5.92 Å². The van der Waals surface area contributed by atoms with Crippen molar-refractivity contribution < 1.29 is 4.79 Å². The number of hydrogen-bond acceptors (Lipinski definition) is 4. The maximum atomic E-state index is 12.5. The number of amides is 1. The lowest BCUT2D eigenvalue weighted by atomic mass is 9.95.